The lowest BCUT2D eigenvalue weighted by atomic mass is 9.72. The summed E-state index contributed by atoms with van der Waals surface area (Å²) in [6.07, 6.45) is 4.59. The quantitative estimate of drug-likeness (QED) is 0.570. The number of hydrogen-bond acceptors (Lipinski definition) is 2. The van der Waals surface area contributed by atoms with Gasteiger partial charge in [-0.2, -0.15) is 0 Å². The Hall–Kier alpha value is -0.440. The van der Waals surface area contributed by atoms with E-state index in [0.29, 0.717) is 17.9 Å². The minimum absolute atomic E-state index is 0.0178. The third-order valence-corrected chi connectivity index (χ3v) is 8.50. The van der Waals surface area contributed by atoms with Crippen molar-refractivity contribution in [3.63, 3.8) is 0 Å². The molecular formula is C21H28Cl2O2. The number of halogens is 2. The van der Waals surface area contributed by atoms with Crippen LogP contribution in [0.5, 0.6) is 5.75 Å². The monoisotopic (exact) mass is 382 g/mol. The molecule has 1 saturated heterocycles. The molecule has 1 aromatic rings. The zero-order valence-electron chi connectivity index (χ0n) is 15.5. The number of fused-ring (bicyclic) bond motifs is 3. The fraction of sp³-hybridized carbons (Fsp3) is 0.714. The van der Waals surface area contributed by atoms with Gasteiger partial charge < -0.3 is 9.47 Å². The van der Waals surface area contributed by atoms with Gasteiger partial charge in [-0.3, -0.25) is 0 Å². The summed E-state index contributed by atoms with van der Waals surface area (Å²) in [6.45, 7) is 8.74. The largest absolute Gasteiger partial charge is 0.487 e. The Balaban J connectivity index is 1.59. The third-order valence-electron chi connectivity index (χ3n) is 7.00. The lowest BCUT2D eigenvalue weighted by Gasteiger charge is -2.50. The van der Waals surface area contributed by atoms with Crippen LogP contribution in [0.15, 0.2) is 24.3 Å². The number of para-hydroxylation sites is 1. The minimum atomic E-state index is -0.604. The molecule has 0 radical (unpaired) electrons. The SMILES string of the molecule is C[C@H]1CC[C@H]2[C@H](O1)c1ccccc1O[C@@]2(C)CC[C@H]1C(C)(C)C1(Cl)Cl. The van der Waals surface area contributed by atoms with Crippen LogP contribution in [0.3, 0.4) is 0 Å². The molecule has 1 aromatic carbocycles. The zero-order valence-corrected chi connectivity index (χ0v) is 17.0. The highest BCUT2D eigenvalue weighted by atomic mass is 35.5. The summed E-state index contributed by atoms with van der Waals surface area (Å²) >= 11 is 13.0. The minimum Gasteiger partial charge on any atom is -0.487 e. The first-order chi connectivity index (χ1) is 11.7. The van der Waals surface area contributed by atoms with E-state index in [1.165, 1.54) is 5.56 Å². The van der Waals surface area contributed by atoms with Crippen molar-refractivity contribution < 1.29 is 9.47 Å². The average Bonchev–Trinajstić information content (AvgIpc) is 2.94. The van der Waals surface area contributed by atoms with Crippen molar-refractivity contribution in [3.05, 3.63) is 29.8 Å². The Kier molecular flexibility index (Phi) is 4.15. The summed E-state index contributed by atoms with van der Waals surface area (Å²) in [6, 6.07) is 8.34. The molecule has 138 valence electrons. The molecule has 2 fully saturated rings. The zero-order chi connectivity index (χ0) is 18.0. The number of benzene rings is 1. The van der Waals surface area contributed by atoms with Crippen molar-refractivity contribution in [2.45, 2.75) is 75.5 Å². The van der Waals surface area contributed by atoms with Gasteiger partial charge in [0.2, 0.25) is 0 Å². The first kappa shape index (κ1) is 17.9. The molecule has 0 amide bonds. The number of rotatable bonds is 3. The van der Waals surface area contributed by atoms with Gasteiger partial charge in [-0.25, -0.2) is 0 Å². The average molecular weight is 383 g/mol. The van der Waals surface area contributed by atoms with Gasteiger partial charge in [-0.05, 0) is 45.6 Å². The maximum Gasteiger partial charge on any atom is 0.127 e. The molecule has 4 rings (SSSR count). The molecule has 0 bridgehead atoms. The van der Waals surface area contributed by atoms with Crippen molar-refractivity contribution in [3.8, 4) is 5.75 Å². The summed E-state index contributed by atoms with van der Waals surface area (Å²) in [5.74, 6) is 1.67. The molecule has 2 heterocycles. The van der Waals surface area contributed by atoms with Gasteiger partial charge in [-0.15, -0.1) is 23.2 Å². The summed E-state index contributed by atoms with van der Waals surface area (Å²) < 4.78 is 12.4. The van der Waals surface area contributed by atoms with Crippen LogP contribution in [0.2, 0.25) is 0 Å². The van der Waals surface area contributed by atoms with Crippen molar-refractivity contribution in [2.24, 2.45) is 17.3 Å². The molecule has 3 aliphatic rings. The Morgan fingerprint density at radius 2 is 1.80 bits per heavy atom. The molecule has 5 atom stereocenters. The summed E-state index contributed by atoms with van der Waals surface area (Å²) in [7, 11) is 0. The molecule has 2 nitrogen and oxygen atoms in total. The van der Waals surface area contributed by atoms with Gasteiger partial charge in [0.25, 0.3) is 0 Å². The Labute approximate surface area is 161 Å². The topological polar surface area (TPSA) is 18.5 Å². The first-order valence-electron chi connectivity index (χ1n) is 9.48. The lowest BCUT2D eigenvalue weighted by Crippen LogP contribution is -2.50. The molecule has 0 spiro atoms. The molecule has 0 unspecified atom stereocenters. The van der Waals surface area contributed by atoms with Crippen LogP contribution in [-0.4, -0.2) is 16.0 Å². The van der Waals surface area contributed by atoms with Crippen LogP contribution in [0.4, 0.5) is 0 Å². The summed E-state index contributed by atoms with van der Waals surface area (Å²) in [5.41, 5.74) is 0.949. The predicted octanol–water partition coefficient (Wildman–Crippen LogP) is 6.30. The molecule has 0 aromatic heterocycles. The highest BCUT2D eigenvalue weighted by molar-refractivity contribution is 6.51. The Morgan fingerprint density at radius 1 is 1.12 bits per heavy atom. The van der Waals surface area contributed by atoms with Gasteiger partial charge in [0, 0.05) is 22.8 Å². The Bertz CT molecular complexity index is 658. The van der Waals surface area contributed by atoms with Crippen LogP contribution in [0.1, 0.15) is 65.0 Å². The molecule has 1 saturated carbocycles. The van der Waals surface area contributed by atoms with E-state index in [-0.39, 0.29) is 17.1 Å². The van der Waals surface area contributed by atoms with E-state index in [1.807, 2.05) is 6.07 Å². The third kappa shape index (κ3) is 2.71. The molecule has 1 aliphatic carbocycles. The van der Waals surface area contributed by atoms with Crippen LogP contribution in [0, 0.1) is 17.3 Å². The van der Waals surface area contributed by atoms with Gasteiger partial charge in [0.1, 0.15) is 15.7 Å². The maximum absolute atomic E-state index is 6.57. The maximum atomic E-state index is 6.57. The summed E-state index contributed by atoms with van der Waals surface area (Å²) in [4.78, 5) is 0. The van der Waals surface area contributed by atoms with Crippen molar-refractivity contribution in [1.82, 2.24) is 0 Å². The normalized spacial score (nSPS) is 40.6. The summed E-state index contributed by atoms with van der Waals surface area (Å²) in [5, 5.41) is 0. The Morgan fingerprint density at radius 3 is 2.48 bits per heavy atom. The van der Waals surface area contributed by atoms with Crippen LogP contribution in [0.25, 0.3) is 0 Å². The van der Waals surface area contributed by atoms with E-state index in [9.17, 15) is 0 Å². The van der Waals surface area contributed by atoms with E-state index in [2.05, 4.69) is 45.9 Å². The number of hydrogen-bond donors (Lipinski definition) is 0. The van der Waals surface area contributed by atoms with Crippen LogP contribution in [-0.2, 0) is 4.74 Å². The van der Waals surface area contributed by atoms with Crippen molar-refractivity contribution in [1.29, 1.82) is 0 Å². The van der Waals surface area contributed by atoms with Crippen LogP contribution < -0.4 is 4.74 Å². The van der Waals surface area contributed by atoms with E-state index >= 15 is 0 Å². The predicted molar refractivity (Wildman–Crippen MR) is 102 cm³/mol. The second-order valence-corrected chi connectivity index (χ2v) is 10.3. The van der Waals surface area contributed by atoms with Gasteiger partial charge >= 0.3 is 0 Å². The molecule has 4 heteroatoms. The van der Waals surface area contributed by atoms with Gasteiger partial charge in [0.05, 0.1) is 12.2 Å². The molecule has 25 heavy (non-hydrogen) atoms. The highest BCUT2D eigenvalue weighted by Crippen LogP contribution is 2.70. The van der Waals surface area contributed by atoms with E-state index in [4.69, 9.17) is 32.7 Å². The number of alkyl halides is 2. The van der Waals surface area contributed by atoms with Gasteiger partial charge in [0.15, 0.2) is 0 Å². The van der Waals surface area contributed by atoms with Crippen molar-refractivity contribution in [2.75, 3.05) is 0 Å². The van der Waals surface area contributed by atoms with Crippen LogP contribution >= 0.6 is 23.2 Å². The van der Waals surface area contributed by atoms with Gasteiger partial charge in [-0.1, -0.05) is 32.0 Å². The highest BCUT2D eigenvalue weighted by Gasteiger charge is 2.69. The standard InChI is InChI=1S/C21H28Cl2O2/c1-13-9-10-15-18(24-13)14-7-5-6-8-16(14)25-20(15,4)12-11-17-19(2,3)21(17,22)23/h5-8,13,15,17-18H,9-12H2,1-4H3/t13-,15-,17-,18+,20-/m0/s1. The fourth-order valence-electron chi connectivity index (χ4n) is 5.00. The van der Waals surface area contributed by atoms with Crippen molar-refractivity contribution >= 4 is 23.2 Å². The molecular weight excluding hydrogens is 355 g/mol. The van der Waals surface area contributed by atoms with E-state index in [1.54, 1.807) is 0 Å². The molecule has 2 aliphatic heterocycles. The second kappa shape index (κ2) is 5.78. The first-order valence-corrected chi connectivity index (χ1v) is 10.2. The fourth-order valence-corrected chi connectivity index (χ4v) is 5.91. The second-order valence-electron chi connectivity index (χ2n) is 8.94. The lowest BCUT2D eigenvalue weighted by molar-refractivity contribution is -0.153. The van der Waals surface area contributed by atoms with E-state index in [0.717, 1.165) is 31.4 Å². The smallest absolute Gasteiger partial charge is 0.127 e. The van der Waals surface area contributed by atoms with E-state index < -0.39 is 4.33 Å². The number of ether oxygens (including phenoxy) is 2. The molecule has 0 N–H and O–H groups in total.